The summed E-state index contributed by atoms with van der Waals surface area (Å²) in [7, 11) is 0. The molecule has 70 valence electrons. The van der Waals surface area contributed by atoms with Gasteiger partial charge < -0.3 is 5.11 Å². The lowest BCUT2D eigenvalue weighted by molar-refractivity contribution is -0.139. The van der Waals surface area contributed by atoms with Gasteiger partial charge in [-0.05, 0) is 18.6 Å². The molecule has 0 amide bonds. The largest absolute Gasteiger partial charge is 0.481 e. The highest BCUT2D eigenvalue weighted by molar-refractivity contribution is 5.75. The van der Waals surface area contributed by atoms with E-state index in [1.807, 2.05) is 13.0 Å². The fourth-order valence-electron chi connectivity index (χ4n) is 1.27. The van der Waals surface area contributed by atoms with E-state index in [0.717, 1.165) is 6.42 Å². The van der Waals surface area contributed by atoms with Gasteiger partial charge in [0, 0.05) is 6.20 Å². The van der Waals surface area contributed by atoms with Crippen LogP contribution in [-0.2, 0) is 4.79 Å². The first-order valence-corrected chi connectivity index (χ1v) is 4.39. The van der Waals surface area contributed by atoms with E-state index >= 15 is 0 Å². The number of hydrogen-bond donors (Lipinski definition) is 1. The van der Waals surface area contributed by atoms with Gasteiger partial charge in [-0.15, -0.1) is 0 Å². The van der Waals surface area contributed by atoms with Gasteiger partial charge in [-0.2, -0.15) is 0 Å². The Morgan fingerprint density at radius 1 is 1.62 bits per heavy atom. The highest BCUT2D eigenvalue weighted by atomic mass is 16.4. The summed E-state index contributed by atoms with van der Waals surface area (Å²) < 4.78 is 0. The number of aliphatic carboxylic acids is 1. The molecule has 1 aromatic rings. The molecule has 0 bridgehead atoms. The number of nitrogens with zero attached hydrogens (tertiary/aromatic N) is 1. The lowest BCUT2D eigenvalue weighted by atomic mass is 10.00. The van der Waals surface area contributed by atoms with Crippen LogP contribution in [0.1, 0.15) is 31.4 Å². The van der Waals surface area contributed by atoms with E-state index in [-0.39, 0.29) is 0 Å². The van der Waals surface area contributed by atoms with Gasteiger partial charge >= 0.3 is 5.97 Å². The molecule has 1 aromatic heterocycles. The highest BCUT2D eigenvalue weighted by Crippen LogP contribution is 2.18. The molecule has 1 atom stereocenters. The van der Waals surface area contributed by atoms with Gasteiger partial charge in [0.25, 0.3) is 0 Å². The molecular weight excluding hydrogens is 166 g/mol. The standard InChI is InChI=1S/C10H13NO2/c1-2-5-8(10(12)13)9-6-3-4-7-11-9/h3-4,6-8H,2,5H2,1H3,(H,12,13)/t8-/m1/s1. The van der Waals surface area contributed by atoms with Crippen molar-refractivity contribution in [2.75, 3.05) is 0 Å². The summed E-state index contributed by atoms with van der Waals surface area (Å²) in [4.78, 5) is 14.9. The predicted octanol–water partition coefficient (Wildman–Crippen LogP) is 2.05. The molecule has 0 spiro atoms. The van der Waals surface area contributed by atoms with Crippen LogP contribution in [0.5, 0.6) is 0 Å². The van der Waals surface area contributed by atoms with Gasteiger partial charge in [-0.1, -0.05) is 19.4 Å². The Kier molecular flexibility index (Phi) is 3.43. The highest BCUT2D eigenvalue weighted by Gasteiger charge is 2.19. The maximum atomic E-state index is 10.8. The number of hydrogen-bond acceptors (Lipinski definition) is 2. The van der Waals surface area contributed by atoms with Crippen LogP contribution in [0.2, 0.25) is 0 Å². The Labute approximate surface area is 77.4 Å². The predicted molar refractivity (Wildman–Crippen MR) is 49.5 cm³/mol. The Balaban J connectivity index is 2.82. The Morgan fingerprint density at radius 3 is 2.85 bits per heavy atom. The number of aromatic nitrogens is 1. The van der Waals surface area contributed by atoms with Gasteiger partial charge in [0.15, 0.2) is 0 Å². The van der Waals surface area contributed by atoms with Gasteiger partial charge in [-0.25, -0.2) is 0 Å². The molecule has 0 aliphatic heterocycles. The van der Waals surface area contributed by atoms with E-state index < -0.39 is 11.9 Å². The number of carboxylic acids is 1. The SMILES string of the molecule is CCC[C@@H](C(=O)O)c1ccccn1. The van der Waals surface area contributed by atoms with Crippen LogP contribution < -0.4 is 0 Å². The van der Waals surface area contributed by atoms with E-state index in [4.69, 9.17) is 5.11 Å². The van der Waals surface area contributed by atoms with Crippen LogP contribution in [0.3, 0.4) is 0 Å². The van der Waals surface area contributed by atoms with Crippen molar-refractivity contribution >= 4 is 5.97 Å². The van der Waals surface area contributed by atoms with Crippen molar-refractivity contribution < 1.29 is 9.90 Å². The van der Waals surface area contributed by atoms with Crippen LogP contribution in [-0.4, -0.2) is 16.1 Å². The molecule has 13 heavy (non-hydrogen) atoms. The second-order valence-corrected chi connectivity index (χ2v) is 2.93. The van der Waals surface area contributed by atoms with Crippen LogP contribution >= 0.6 is 0 Å². The topological polar surface area (TPSA) is 50.2 Å². The molecule has 0 fully saturated rings. The molecule has 0 aliphatic rings. The molecule has 1 rings (SSSR count). The van der Waals surface area contributed by atoms with E-state index in [1.54, 1.807) is 18.3 Å². The van der Waals surface area contributed by atoms with Crippen molar-refractivity contribution in [3.63, 3.8) is 0 Å². The average Bonchev–Trinajstić information content (AvgIpc) is 2.15. The molecule has 1 heterocycles. The van der Waals surface area contributed by atoms with Gasteiger partial charge in [0.1, 0.15) is 0 Å². The van der Waals surface area contributed by atoms with Crippen LogP contribution in [0, 0.1) is 0 Å². The smallest absolute Gasteiger partial charge is 0.312 e. The number of rotatable bonds is 4. The maximum absolute atomic E-state index is 10.8. The monoisotopic (exact) mass is 179 g/mol. The van der Waals surface area contributed by atoms with E-state index in [0.29, 0.717) is 12.1 Å². The van der Waals surface area contributed by atoms with E-state index in [9.17, 15) is 4.79 Å². The third-order valence-electron chi connectivity index (χ3n) is 1.92. The summed E-state index contributed by atoms with van der Waals surface area (Å²) in [5, 5.41) is 8.92. The Hall–Kier alpha value is -1.38. The molecule has 0 aliphatic carbocycles. The summed E-state index contributed by atoms with van der Waals surface area (Å²) in [6.07, 6.45) is 3.13. The van der Waals surface area contributed by atoms with Crippen molar-refractivity contribution in [2.45, 2.75) is 25.7 Å². The number of carbonyl (C=O) groups is 1. The molecule has 0 unspecified atom stereocenters. The number of pyridine rings is 1. The zero-order valence-corrected chi connectivity index (χ0v) is 7.60. The fourth-order valence-corrected chi connectivity index (χ4v) is 1.27. The first-order valence-electron chi connectivity index (χ1n) is 4.39. The third kappa shape index (κ3) is 2.54. The molecule has 3 nitrogen and oxygen atoms in total. The first-order chi connectivity index (χ1) is 6.25. The molecule has 1 N–H and O–H groups in total. The zero-order chi connectivity index (χ0) is 9.68. The zero-order valence-electron chi connectivity index (χ0n) is 7.60. The molecule has 0 saturated heterocycles. The van der Waals surface area contributed by atoms with Crippen LogP contribution in [0.25, 0.3) is 0 Å². The molecule has 0 aromatic carbocycles. The van der Waals surface area contributed by atoms with E-state index in [1.165, 1.54) is 0 Å². The van der Waals surface area contributed by atoms with Crippen LogP contribution in [0.4, 0.5) is 0 Å². The maximum Gasteiger partial charge on any atom is 0.312 e. The average molecular weight is 179 g/mol. The molecular formula is C10H13NO2. The summed E-state index contributed by atoms with van der Waals surface area (Å²) in [6, 6.07) is 5.36. The Bertz CT molecular complexity index is 272. The molecule has 0 radical (unpaired) electrons. The summed E-state index contributed by atoms with van der Waals surface area (Å²) >= 11 is 0. The summed E-state index contributed by atoms with van der Waals surface area (Å²) in [5.74, 6) is -1.24. The van der Waals surface area contributed by atoms with Crippen molar-refractivity contribution in [3.8, 4) is 0 Å². The molecule has 0 saturated carbocycles. The minimum Gasteiger partial charge on any atom is -0.481 e. The van der Waals surface area contributed by atoms with Crippen molar-refractivity contribution in [3.05, 3.63) is 30.1 Å². The minimum absolute atomic E-state index is 0.453. The lowest BCUT2D eigenvalue weighted by Crippen LogP contribution is -2.12. The van der Waals surface area contributed by atoms with Gasteiger partial charge in [0.2, 0.25) is 0 Å². The quantitative estimate of drug-likeness (QED) is 0.769. The minimum atomic E-state index is -0.791. The van der Waals surface area contributed by atoms with Crippen molar-refractivity contribution in [1.82, 2.24) is 4.98 Å². The summed E-state index contributed by atoms with van der Waals surface area (Å²) in [6.45, 7) is 1.97. The third-order valence-corrected chi connectivity index (χ3v) is 1.92. The number of carboxylic acid groups (broad SMARTS) is 1. The summed E-state index contributed by atoms with van der Waals surface area (Å²) in [5.41, 5.74) is 0.650. The van der Waals surface area contributed by atoms with E-state index in [2.05, 4.69) is 4.98 Å². The first kappa shape index (κ1) is 9.71. The van der Waals surface area contributed by atoms with Crippen molar-refractivity contribution in [2.24, 2.45) is 0 Å². The van der Waals surface area contributed by atoms with Gasteiger partial charge in [0.05, 0.1) is 11.6 Å². The Morgan fingerprint density at radius 2 is 2.38 bits per heavy atom. The second kappa shape index (κ2) is 4.60. The van der Waals surface area contributed by atoms with Crippen molar-refractivity contribution in [1.29, 1.82) is 0 Å². The normalized spacial score (nSPS) is 12.4. The second-order valence-electron chi connectivity index (χ2n) is 2.93. The fraction of sp³-hybridized carbons (Fsp3) is 0.400. The van der Waals surface area contributed by atoms with Crippen LogP contribution in [0.15, 0.2) is 24.4 Å². The van der Waals surface area contributed by atoms with Gasteiger partial charge in [-0.3, -0.25) is 9.78 Å². The lowest BCUT2D eigenvalue weighted by Gasteiger charge is -2.09. The molecule has 3 heteroatoms.